The lowest BCUT2D eigenvalue weighted by atomic mass is 10.0. The molecule has 0 unspecified atom stereocenters. The first kappa shape index (κ1) is 15.5. The molecule has 1 amide bonds. The van der Waals surface area contributed by atoms with E-state index in [4.69, 9.17) is 9.47 Å². The van der Waals surface area contributed by atoms with Crippen LogP contribution >= 0.6 is 0 Å². The Bertz CT molecular complexity index is 526. The molecule has 6 nitrogen and oxygen atoms in total. The number of nitrogens with one attached hydrogen (secondary N) is 2. The molecule has 114 valence electrons. The second-order valence-corrected chi connectivity index (χ2v) is 5.19. The van der Waals surface area contributed by atoms with Crippen LogP contribution in [-0.4, -0.2) is 43.8 Å². The fourth-order valence-electron chi connectivity index (χ4n) is 1.95. The molecule has 21 heavy (non-hydrogen) atoms. The van der Waals surface area contributed by atoms with Crippen LogP contribution in [-0.2, 0) is 14.3 Å². The zero-order chi connectivity index (χ0) is 15.3. The van der Waals surface area contributed by atoms with E-state index in [9.17, 15) is 9.59 Å². The van der Waals surface area contributed by atoms with E-state index in [0.717, 1.165) is 13.1 Å². The lowest BCUT2D eigenvalue weighted by molar-refractivity contribution is -0.130. The van der Waals surface area contributed by atoms with Gasteiger partial charge in [0, 0.05) is 18.8 Å². The highest BCUT2D eigenvalue weighted by molar-refractivity contribution is 5.95. The quantitative estimate of drug-likeness (QED) is 0.770. The highest BCUT2D eigenvalue weighted by Gasteiger charge is 2.32. The number of rotatable bonds is 6. The normalized spacial score (nSPS) is 15.9. The van der Waals surface area contributed by atoms with Crippen molar-refractivity contribution in [2.75, 3.05) is 31.6 Å². The first-order chi connectivity index (χ1) is 10.0. The minimum Gasteiger partial charge on any atom is -0.462 e. The Hall–Kier alpha value is -1.92. The van der Waals surface area contributed by atoms with E-state index < -0.39 is 5.97 Å². The molecule has 0 saturated carbocycles. The topological polar surface area (TPSA) is 76.7 Å². The molecule has 1 aromatic rings. The second kappa shape index (κ2) is 6.69. The van der Waals surface area contributed by atoms with E-state index in [1.54, 1.807) is 31.2 Å². The molecule has 0 atom stereocenters. The third-order valence-corrected chi connectivity index (χ3v) is 3.21. The van der Waals surface area contributed by atoms with Gasteiger partial charge >= 0.3 is 5.97 Å². The van der Waals surface area contributed by atoms with Crippen LogP contribution in [0.5, 0.6) is 0 Å². The molecular weight excluding hydrogens is 272 g/mol. The van der Waals surface area contributed by atoms with E-state index in [2.05, 4.69) is 10.6 Å². The minimum absolute atomic E-state index is 0.0121. The van der Waals surface area contributed by atoms with E-state index >= 15 is 0 Å². The monoisotopic (exact) mass is 292 g/mol. The van der Waals surface area contributed by atoms with Crippen molar-refractivity contribution in [1.29, 1.82) is 0 Å². The summed E-state index contributed by atoms with van der Waals surface area (Å²) in [6, 6.07) is 6.64. The van der Waals surface area contributed by atoms with Crippen LogP contribution in [0.15, 0.2) is 24.3 Å². The molecule has 1 aromatic carbocycles. The number of ether oxygens (including phenoxy) is 2. The Morgan fingerprint density at radius 1 is 1.38 bits per heavy atom. The number of carbonyl (C=O) groups excluding carboxylic acids is 2. The standard InChI is InChI=1S/C15H20N2O4/c1-3-20-14(19)11-5-4-6-12(7-11)17-13(18)8-21-15(2)9-16-10-15/h4-7,16H,3,8-10H2,1-2H3,(H,17,18). The van der Waals surface area contributed by atoms with Gasteiger partial charge in [-0.2, -0.15) is 0 Å². The fourth-order valence-corrected chi connectivity index (χ4v) is 1.95. The summed E-state index contributed by atoms with van der Waals surface area (Å²) in [6.07, 6.45) is 0. The van der Waals surface area contributed by atoms with Gasteiger partial charge in [0.15, 0.2) is 0 Å². The van der Waals surface area contributed by atoms with Crippen LogP contribution in [0.1, 0.15) is 24.2 Å². The predicted octanol–water partition coefficient (Wildman–Crippen LogP) is 1.18. The van der Waals surface area contributed by atoms with E-state index in [0.29, 0.717) is 17.9 Å². The van der Waals surface area contributed by atoms with Gasteiger partial charge in [0.2, 0.25) is 5.91 Å². The van der Waals surface area contributed by atoms with Gasteiger partial charge in [-0.1, -0.05) is 6.07 Å². The highest BCUT2D eigenvalue weighted by Crippen LogP contribution is 2.16. The number of esters is 1. The van der Waals surface area contributed by atoms with Crippen molar-refractivity contribution in [3.63, 3.8) is 0 Å². The molecule has 0 bridgehead atoms. The molecule has 0 aromatic heterocycles. The number of amides is 1. The molecule has 1 heterocycles. The maximum atomic E-state index is 11.8. The average molecular weight is 292 g/mol. The Morgan fingerprint density at radius 3 is 2.76 bits per heavy atom. The highest BCUT2D eigenvalue weighted by atomic mass is 16.5. The molecule has 0 radical (unpaired) electrons. The van der Waals surface area contributed by atoms with E-state index in [-0.39, 0.29) is 18.1 Å². The fraction of sp³-hybridized carbons (Fsp3) is 0.467. The van der Waals surface area contributed by atoms with Crippen LogP contribution in [0.25, 0.3) is 0 Å². The van der Waals surface area contributed by atoms with Crippen LogP contribution in [0, 0.1) is 0 Å². The van der Waals surface area contributed by atoms with Gasteiger partial charge in [-0.25, -0.2) is 4.79 Å². The van der Waals surface area contributed by atoms with Crippen molar-refractivity contribution in [2.45, 2.75) is 19.4 Å². The summed E-state index contributed by atoms with van der Waals surface area (Å²) in [6.45, 7) is 5.50. The summed E-state index contributed by atoms with van der Waals surface area (Å²) in [4.78, 5) is 23.5. The van der Waals surface area contributed by atoms with Gasteiger partial charge in [0.05, 0.1) is 17.8 Å². The van der Waals surface area contributed by atoms with Gasteiger partial charge < -0.3 is 20.1 Å². The Morgan fingerprint density at radius 2 is 2.14 bits per heavy atom. The maximum Gasteiger partial charge on any atom is 0.338 e. The summed E-state index contributed by atoms with van der Waals surface area (Å²) >= 11 is 0. The van der Waals surface area contributed by atoms with Crippen molar-refractivity contribution in [3.8, 4) is 0 Å². The molecule has 1 fully saturated rings. The van der Waals surface area contributed by atoms with Crippen molar-refractivity contribution >= 4 is 17.6 Å². The molecular formula is C15H20N2O4. The van der Waals surface area contributed by atoms with Crippen LogP contribution < -0.4 is 10.6 Å². The summed E-state index contributed by atoms with van der Waals surface area (Å²) in [5.74, 6) is -0.651. The number of carbonyl (C=O) groups is 2. The van der Waals surface area contributed by atoms with Crippen molar-refractivity contribution in [2.24, 2.45) is 0 Å². The van der Waals surface area contributed by atoms with Gasteiger partial charge in [0.1, 0.15) is 6.61 Å². The third-order valence-electron chi connectivity index (χ3n) is 3.21. The SMILES string of the molecule is CCOC(=O)c1cccc(NC(=O)COC2(C)CNC2)c1. The number of benzene rings is 1. The van der Waals surface area contributed by atoms with Gasteiger partial charge in [-0.15, -0.1) is 0 Å². The van der Waals surface area contributed by atoms with Crippen LogP contribution in [0.2, 0.25) is 0 Å². The smallest absolute Gasteiger partial charge is 0.338 e. The molecule has 1 aliphatic heterocycles. The largest absolute Gasteiger partial charge is 0.462 e. The van der Waals surface area contributed by atoms with E-state index in [1.165, 1.54) is 0 Å². The third kappa shape index (κ3) is 4.27. The lowest BCUT2D eigenvalue weighted by Crippen LogP contribution is -2.59. The summed E-state index contributed by atoms with van der Waals surface area (Å²) in [5.41, 5.74) is 0.696. The minimum atomic E-state index is -0.405. The van der Waals surface area contributed by atoms with Gasteiger partial charge in [-0.3, -0.25) is 4.79 Å². The summed E-state index contributed by atoms with van der Waals surface area (Å²) in [5, 5.41) is 5.81. The van der Waals surface area contributed by atoms with Gasteiger partial charge in [-0.05, 0) is 32.0 Å². The molecule has 0 spiro atoms. The molecule has 2 N–H and O–H groups in total. The molecule has 1 aliphatic rings. The van der Waals surface area contributed by atoms with Gasteiger partial charge in [0.25, 0.3) is 0 Å². The first-order valence-corrected chi connectivity index (χ1v) is 6.94. The number of hydrogen-bond acceptors (Lipinski definition) is 5. The van der Waals surface area contributed by atoms with Crippen molar-refractivity contribution in [1.82, 2.24) is 5.32 Å². The summed E-state index contributed by atoms with van der Waals surface area (Å²) < 4.78 is 10.5. The van der Waals surface area contributed by atoms with Crippen LogP contribution in [0.4, 0.5) is 5.69 Å². The average Bonchev–Trinajstić information content (AvgIpc) is 2.43. The first-order valence-electron chi connectivity index (χ1n) is 6.94. The Kier molecular flexibility index (Phi) is 4.93. The summed E-state index contributed by atoms with van der Waals surface area (Å²) in [7, 11) is 0. The van der Waals surface area contributed by atoms with Crippen LogP contribution in [0.3, 0.4) is 0 Å². The number of anilines is 1. The number of hydrogen-bond donors (Lipinski definition) is 2. The van der Waals surface area contributed by atoms with Crippen molar-refractivity contribution in [3.05, 3.63) is 29.8 Å². The molecule has 1 saturated heterocycles. The second-order valence-electron chi connectivity index (χ2n) is 5.19. The maximum absolute atomic E-state index is 11.8. The Balaban J connectivity index is 1.88. The predicted molar refractivity (Wildman–Crippen MR) is 78.3 cm³/mol. The van der Waals surface area contributed by atoms with Crippen molar-refractivity contribution < 1.29 is 19.1 Å². The zero-order valence-corrected chi connectivity index (χ0v) is 12.3. The van der Waals surface area contributed by atoms with E-state index in [1.807, 2.05) is 6.92 Å². The zero-order valence-electron chi connectivity index (χ0n) is 12.3. The molecule has 0 aliphatic carbocycles. The molecule has 6 heteroatoms. The molecule has 2 rings (SSSR count). The Labute approximate surface area is 123 Å². The lowest BCUT2D eigenvalue weighted by Gasteiger charge is -2.38.